The summed E-state index contributed by atoms with van der Waals surface area (Å²) in [7, 11) is 1.79. The molecule has 0 saturated carbocycles. The second kappa shape index (κ2) is 6.17. The predicted octanol–water partition coefficient (Wildman–Crippen LogP) is 3.50. The molecule has 1 atom stereocenters. The Morgan fingerprint density at radius 1 is 1.42 bits per heavy atom. The van der Waals surface area contributed by atoms with Gasteiger partial charge in [-0.2, -0.15) is 0 Å². The van der Waals surface area contributed by atoms with E-state index in [1.165, 1.54) is 4.88 Å². The van der Waals surface area contributed by atoms with Crippen LogP contribution >= 0.6 is 22.9 Å². The van der Waals surface area contributed by atoms with E-state index in [2.05, 4.69) is 11.1 Å². The van der Waals surface area contributed by atoms with Crippen LogP contribution in [0.15, 0.2) is 35.7 Å². The Bertz CT molecular complexity index is 556. The number of halogens is 1. The molecule has 0 radical (unpaired) electrons. The molecule has 1 amide bonds. The summed E-state index contributed by atoms with van der Waals surface area (Å²) in [6.45, 7) is 2.03. The van der Waals surface area contributed by atoms with E-state index in [9.17, 15) is 4.79 Å². The van der Waals surface area contributed by atoms with Crippen LogP contribution in [0.3, 0.4) is 0 Å². The third-order valence-corrected chi connectivity index (χ3v) is 4.10. The van der Waals surface area contributed by atoms with Crippen LogP contribution in [0.5, 0.6) is 0 Å². The van der Waals surface area contributed by atoms with Gasteiger partial charge in [0, 0.05) is 24.4 Å². The molecule has 0 bridgehead atoms. The molecule has 1 unspecified atom stereocenters. The van der Waals surface area contributed by atoms with Crippen LogP contribution < -0.4 is 0 Å². The van der Waals surface area contributed by atoms with Crippen molar-refractivity contribution in [2.75, 3.05) is 7.05 Å². The van der Waals surface area contributed by atoms with E-state index in [0.717, 1.165) is 6.42 Å². The third kappa shape index (κ3) is 3.55. The third-order valence-electron chi connectivity index (χ3n) is 2.99. The summed E-state index contributed by atoms with van der Waals surface area (Å²) in [6, 6.07) is 9.30. The Morgan fingerprint density at radius 3 is 2.84 bits per heavy atom. The van der Waals surface area contributed by atoms with E-state index < -0.39 is 0 Å². The van der Waals surface area contributed by atoms with Gasteiger partial charge >= 0.3 is 0 Å². The van der Waals surface area contributed by atoms with Crippen molar-refractivity contribution in [2.45, 2.75) is 19.4 Å². The summed E-state index contributed by atoms with van der Waals surface area (Å²) >= 11 is 7.51. The van der Waals surface area contributed by atoms with Crippen LogP contribution in [0.4, 0.5) is 0 Å². The average Bonchev–Trinajstić information content (AvgIpc) is 2.89. The maximum absolute atomic E-state index is 12.3. The normalized spacial score (nSPS) is 12.2. The quantitative estimate of drug-likeness (QED) is 0.809. The van der Waals surface area contributed by atoms with Gasteiger partial charge in [0.05, 0.1) is 0 Å². The maximum atomic E-state index is 12.3. The first-order chi connectivity index (χ1) is 9.08. The zero-order valence-corrected chi connectivity index (χ0v) is 12.4. The molecule has 0 saturated heterocycles. The van der Waals surface area contributed by atoms with E-state index in [1.807, 2.05) is 18.4 Å². The molecule has 0 aromatic carbocycles. The summed E-state index contributed by atoms with van der Waals surface area (Å²) in [5, 5.41) is 2.38. The minimum Gasteiger partial charge on any atom is -0.337 e. The maximum Gasteiger partial charge on any atom is 0.272 e. The van der Waals surface area contributed by atoms with Gasteiger partial charge in [0.1, 0.15) is 10.8 Å². The first-order valence-corrected chi connectivity index (χ1v) is 7.26. The highest BCUT2D eigenvalue weighted by Crippen LogP contribution is 2.15. The lowest BCUT2D eigenvalue weighted by atomic mass is 10.1. The number of amides is 1. The van der Waals surface area contributed by atoms with Gasteiger partial charge in [0.25, 0.3) is 5.91 Å². The summed E-state index contributed by atoms with van der Waals surface area (Å²) in [5.74, 6) is -0.105. The zero-order valence-electron chi connectivity index (χ0n) is 10.8. The molecule has 0 N–H and O–H groups in total. The highest BCUT2D eigenvalue weighted by molar-refractivity contribution is 7.09. The minimum atomic E-state index is -0.105. The van der Waals surface area contributed by atoms with Gasteiger partial charge in [-0.3, -0.25) is 4.79 Å². The molecule has 2 aromatic rings. The second-order valence-electron chi connectivity index (χ2n) is 4.39. The van der Waals surface area contributed by atoms with Crippen LogP contribution in [0.1, 0.15) is 22.3 Å². The Balaban J connectivity index is 2.06. The first-order valence-electron chi connectivity index (χ1n) is 6.00. The van der Waals surface area contributed by atoms with Gasteiger partial charge in [-0.1, -0.05) is 23.7 Å². The fourth-order valence-corrected chi connectivity index (χ4v) is 2.76. The van der Waals surface area contributed by atoms with E-state index in [4.69, 9.17) is 11.6 Å². The van der Waals surface area contributed by atoms with Gasteiger partial charge in [0.2, 0.25) is 0 Å². The van der Waals surface area contributed by atoms with E-state index >= 15 is 0 Å². The largest absolute Gasteiger partial charge is 0.337 e. The van der Waals surface area contributed by atoms with Crippen molar-refractivity contribution >= 4 is 28.8 Å². The van der Waals surface area contributed by atoms with Crippen molar-refractivity contribution in [2.24, 2.45) is 0 Å². The number of pyridine rings is 1. The zero-order chi connectivity index (χ0) is 13.8. The van der Waals surface area contributed by atoms with Crippen molar-refractivity contribution in [1.29, 1.82) is 0 Å². The van der Waals surface area contributed by atoms with E-state index in [-0.39, 0.29) is 11.9 Å². The average molecular weight is 295 g/mol. The first kappa shape index (κ1) is 14.0. The standard InChI is InChI=1S/C14H15ClN2OS/c1-10(9-11-5-4-8-19-11)17(2)14(18)12-6-3-7-13(15)16-12/h3-8,10H,9H2,1-2H3. The Labute approximate surface area is 121 Å². The number of likely N-dealkylation sites (N-methyl/N-ethyl adjacent to an activating group) is 1. The number of hydrogen-bond acceptors (Lipinski definition) is 3. The topological polar surface area (TPSA) is 33.2 Å². The number of aromatic nitrogens is 1. The van der Waals surface area contributed by atoms with Gasteiger partial charge in [0.15, 0.2) is 0 Å². The molecule has 0 aliphatic rings. The van der Waals surface area contributed by atoms with Crippen molar-refractivity contribution in [3.63, 3.8) is 0 Å². The predicted molar refractivity (Wildman–Crippen MR) is 78.8 cm³/mol. The highest BCUT2D eigenvalue weighted by atomic mass is 35.5. The summed E-state index contributed by atoms with van der Waals surface area (Å²) in [5.41, 5.74) is 0.382. The Hall–Kier alpha value is -1.39. The van der Waals surface area contributed by atoms with Crippen LogP contribution in [0.25, 0.3) is 0 Å². The van der Waals surface area contributed by atoms with Crippen molar-refractivity contribution in [3.05, 3.63) is 51.4 Å². The lowest BCUT2D eigenvalue weighted by molar-refractivity contribution is 0.0738. The molecule has 0 spiro atoms. The molecule has 0 aliphatic heterocycles. The monoisotopic (exact) mass is 294 g/mol. The molecule has 3 nitrogen and oxygen atoms in total. The van der Waals surface area contributed by atoms with Gasteiger partial charge in [-0.05, 0) is 30.5 Å². The molecule has 100 valence electrons. The summed E-state index contributed by atoms with van der Waals surface area (Å²) in [6.07, 6.45) is 0.848. The number of nitrogens with zero attached hydrogens (tertiary/aromatic N) is 2. The number of hydrogen-bond donors (Lipinski definition) is 0. The van der Waals surface area contributed by atoms with Gasteiger partial charge in [-0.15, -0.1) is 11.3 Å². The van der Waals surface area contributed by atoms with Gasteiger partial charge < -0.3 is 4.90 Å². The molecule has 0 fully saturated rings. The fourth-order valence-electron chi connectivity index (χ4n) is 1.77. The minimum absolute atomic E-state index is 0.105. The van der Waals surface area contributed by atoms with E-state index in [0.29, 0.717) is 10.8 Å². The number of carbonyl (C=O) groups is 1. The highest BCUT2D eigenvalue weighted by Gasteiger charge is 2.19. The lowest BCUT2D eigenvalue weighted by Crippen LogP contribution is -2.36. The van der Waals surface area contributed by atoms with E-state index in [1.54, 1.807) is 41.5 Å². The van der Waals surface area contributed by atoms with Crippen LogP contribution in [0.2, 0.25) is 5.15 Å². The molecular weight excluding hydrogens is 280 g/mol. The molecular formula is C14H15ClN2OS. The van der Waals surface area contributed by atoms with Crippen LogP contribution in [0, 0.1) is 0 Å². The Kier molecular flexibility index (Phi) is 4.56. The molecule has 2 rings (SSSR count). The number of rotatable bonds is 4. The van der Waals surface area contributed by atoms with Crippen LogP contribution in [-0.4, -0.2) is 28.9 Å². The van der Waals surface area contributed by atoms with Crippen molar-refractivity contribution < 1.29 is 4.79 Å². The second-order valence-corrected chi connectivity index (χ2v) is 5.81. The summed E-state index contributed by atoms with van der Waals surface area (Å²) in [4.78, 5) is 19.3. The molecule has 19 heavy (non-hydrogen) atoms. The van der Waals surface area contributed by atoms with Gasteiger partial charge in [-0.25, -0.2) is 4.98 Å². The number of thiophene rings is 1. The van der Waals surface area contributed by atoms with Crippen LogP contribution in [-0.2, 0) is 6.42 Å². The summed E-state index contributed by atoms with van der Waals surface area (Å²) < 4.78 is 0. The van der Waals surface area contributed by atoms with Crippen molar-refractivity contribution in [1.82, 2.24) is 9.88 Å². The fraction of sp³-hybridized carbons (Fsp3) is 0.286. The number of carbonyl (C=O) groups excluding carboxylic acids is 1. The van der Waals surface area contributed by atoms with Crippen molar-refractivity contribution in [3.8, 4) is 0 Å². The molecule has 2 heterocycles. The Morgan fingerprint density at radius 2 is 2.21 bits per heavy atom. The SMILES string of the molecule is CC(Cc1cccs1)N(C)C(=O)c1cccc(Cl)n1. The smallest absolute Gasteiger partial charge is 0.272 e. The molecule has 0 aliphatic carbocycles. The lowest BCUT2D eigenvalue weighted by Gasteiger charge is -2.24. The molecule has 2 aromatic heterocycles. The molecule has 5 heteroatoms.